The van der Waals surface area contributed by atoms with E-state index in [4.69, 9.17) is 4.74 Å². The van der Waals surface area contributed by atoms with Gasteiger partial charge in [0.1, 0.15) is 17.3 Å². The van der Waals surface area contributed by atoms with Crippen molar-refractivity contribution in [1.29, 1.82) is 0 Å². The van der Waals surface area contributed by atoms with Crippen LogP contribution in [0.1, 0.15) is 10.4 Å². The van der Waals surface area contributed by atoms with E-state index in [0.717, 1.165) is 0 Å². The van der Waals surface area contributed by atoms with Gasteiger partial charge in [-0.2, -0.15) is 0 Å². The number of carbonyl (C=O) groups is 2. The van der Waals surface area contributed by atoms with Gasteiger partial charge in [0.25, 0.3) is 11.8 Å². The van der Waals surface area contributed by atoms with Crippen LogP contribution in [0.5, 0.6) is 11.5 Å². The van der Waals surface area contributed by atoms with Gasteiger partial charge >= 0.3 is 0 Å². The number of amides is 2. The number of aromatic hydroxyl groups is 1. The lowest BCUT2D eigenvalue weighted by atomic mass is 10.1. The van der Waals surface area contributed by atoms with Crippen LogP contribution >= 0.6 is 0 Å². The number of hydrogen-bond donors (Lipinski definition) is 3. The van der Waals surface area contributed by atoms with Crippen molar-refractivity contribution in [3.8, 4) is 11.5 Å². The molecule has 3 N–H and O–H groups in total. The minimum absolute atomic E-state index is 0.0468. The Balaban J connectivity index is 1.50. The summed E-state index contributed by atoms with van der Waals surface area (Å²) in [5.41, 5.74) is 1.20. The number of anilines is 2. The highest BCUT2D eigenvalue weighted by atomic mass is 19.1. The molecule has 0 saturated carbocycles. The molecule has 32 heavy (non-hydrogen) atoms. The SMILES string of the molecule is O=C(COc1ccc(NC(=O)c2cccc(F)c2)c2ccccc12)Nc1cccc(O)c1. The maximum atomic E-state index is 13.4. The molecule has 4 aromatic carbocycles. The van der Waals surface area contributed by atoms with Crippen molar-refractivity contribution in [3.05, 3.63) is 96.3 Å². The van der Waals surface area contributed by atoms with E-state index in [-0.39, 0.29) is 23.8 Å². The molecule has 0 atom stereocenters. The molecule has 160 valence electrons. The van der Waals surface area contributed by atoms with Gasteiger partial charge < -0.3 is 20.5 Å². The van der Waals surface area contributed by atoms with Gasteiger partial charge in [0.2, 0.25) is 0 Å². The number of benzene rings is 4. The molecule has 0 aromatic heterocycles. The molecule has 0 fully saturated rings. The van der Waals surface area contributed by atoms with Gasteiger partial charge in [-0.3, -0.25) is 9.59 Å². The molecule has 7 heteroatoms. The Hall–Kier alpha value is -4.39. The summed E-state index contributed by atoms with van der Waals surface area (Å²) in [6.07, 6.45) is 0. The number of halogens is 1. The zero-order valence-electron chi connectivity index (χ0n) is 16.8. The Kier molecular flexibility index (Phi) is 5.98. The van der Waals surface area contributed by atoms with Crippen LogP contribution in [0, 0.1) is 5.82 Å². The van der Waals surface area contributed by atoms with Crippen molar-refractivity contribution in [3.63, 3.8) is 0 Å². The van der Waals surface area contributed by atoms with E-state index in [0.29, 0.717) is 27.9 Å². The first-order valence-corrected chi connectivity index (χ1v) is 9.80. The largest absolute Gasteiger partial charge is 0.508 e. The van der Waals surface area contributed by atoms with E-state index in [1.54, 1.807) is 24.3 Å². The summed E-state index contributed by atoms with van der Waals surface area (Å²) in [4.78, 5) is 24.8. The summed E-state index contributed by atoms with van der Waals surface area (Å²) in [5.74, 6) is -0.798. The normalized spacial score (nSPS) is 10.5. The molecule has 4 aromatic rings. The van der Waals surface area contributed by atoms with Crippen LogP contribution in [-0.4, -0.2) is 23.5 Å². The summed E-state index contributed by atoms with van der Waals surface area (Å²) in [5, 5.41) is 16.4. The van der Waals surface area contributed by atoms with Gasteiger partial charge in [-0.05, 0) is 42.5 Å². The van der Waals surface area contributed by atoms with Crippen molar-refractivity contribution in [2.45, 2.75) is 0 Å². The van der Waals surface area contributed by atoms with Gasteiger partial charge in [0.15, 0.2) is 6.61 Å². The fraction of sp³-hybridized carbons (Fsp3) is 0.0400. The van der Waals surface area contributed by atoms with Crippen LogP contribution < -0.4 is 15.4 Å². The zero-order valence-corrected chi connectivity index (χ0v) is 16.8. The van der Waals surface area contributed by atoms with E-state index < -0.39 is 11.7 Å². The third-order valence-electron chi connectivity index (χ3n) is 4.71. The van der Waals surface area contributed by atoms with Crippen LogP contribution in [0.25, 0.3) is 10.8 Å². The molecule has 4 rings (SSSR count). The van der Waals surface area contributed by atoms with Crippen molar-refractivity contribution < 1.29 is 23.8 Å². The monoisotopic (exact) mass is 430 g/mol. The van der Waals surface area contributed by atoms with E-state index >= 15 is 0 Å². The predicted molar refractivity (Wildman–Crippen MR) is 121 cm³/mol. The summed E-state index contributed by atoms with van der Waals surface area (Å²) < 4.78 is 19.1. The van der Waals surface area contributed by atoms with Gasteiger partial charge in [-0.15, -0.1) is 0 Å². The van der Waals surface area contributed by atoms with Crippen molar-refractivity contribution in [2.24, 2.45) is 0 Å². The molecule has 0 radical (unpaired) electrons. The maximum Gasteiger partial charge on any atom is 0.262 e. The fourth-order valence-electron chi connectivity index (χ4n) is 3.25. The van der Waals surface area contributed by atoms with E-state index in [1.165, 1.54) is 36.4 Å². The van der Waals surface area contributed by atoms with Gasteiger partial charge in [-0.1, -0.05) is 36.4 Å². The van der Waals surface area contributed by atoms with Crippen LogP contribution in [0.3, 0.4) is 0 Å². The highest BCUT2D eigenvalue weighted by Crippen LogP contribution is 2.32. The standard InChI is InChI=1S/C25H19FN2O4/c26-17-6-3-5-16(13-17)25(31)28-22-11-12-23(21-10-2-1-9-20(21)22)32-15-24(30)27-18-7-4-8-19(29)14-18/h1-14,29H,15H2,(H,27,30)(H,28,31). The minimum Gasteiger partial charge on any atom is -0.508 e. The highest BCUT2D eigenvalue weighted by molar-refractivity contribution is 6.10. The first-order valence-electron chi connectivity index (χ1n) is 9.80. The zero-order chi connectivity index (χ0) is 22.5. The minimum atomic E-state index is -0.491. The number of fused-ring (bicyclic) bond motifs is 1. The van der Waals surface area contributed by atoms with Crippen LogP contribution in [0.4, 0.5) is 15.8 Å². The molecule has 6 nitrogen and oxygen atoms in total. The number of phenols is 1. The van der Waals surface area contributed by atoms with Gasteiger partial charge in [0, 0.05) is 33.8 Å². The molecule has 0 aliphatic rings. The molecule has 0 unspecified atom stereocenters. The fourth-order valence-corrected chi connectivity index (χ4v) is 3.25. The lowest BCUT2D eigenvalue weighted by Crippen LogP contribution is -2.20. The summed E-state index contributed by atoms with van der Waals surface area (Å²) >= 11 is 0. The second kappa shape index (κ2) is 9.18. The molecule has 0 bridgehead atoms. The van der Waals surface area contributed by atoms with Crippen molar-refractivity contribution >= 4 is 34.0 Å². The van der Waals surface area contributed by atoms with E-state index in [9.17, 15) is 19.1 Å². The molecule has 0 heterocycles. The topological polar surface area (TPSA) is 87.7 Å². The first kappa shape index (κ1) is 20.9. The van der Waals surface area contributed by atoms with Crippen molar-refractivity contribution in [1.82, 2.24) is 0 Å². The average molecular weight is 430 g/mol. The molecule has 0 spiro atoms. The molecular weight excluding hydrogens is 411 g/mol. The maximum absolute atomic E-state index is 13.4. The second-order valence-electron chi connectivity index (χ2n) is 7.01. The average Bonchev–Trinajstić information content (AvgIpc) is 2.78. The lowest BCUT2D eigenvalue weighted by Gasteiger charge is -2.14. The highest BCUT2D eigenvalue weighted by Gasteiger charge is 2.13. The third-order valence-corrected chi connectivity index (χ3v) is 4.71. The van der Waals surface area contributed by atoms with Gasteiger partial charge in [-0.25, -0.2) is 4.39 Å². The molecule has 0 aliphatic heterocycles. The molecule has 2 amide bonds. The smallest absolute Gasteiger partial charge is 0.262 e. The number of rotatable bonds is 6. The second-order valence-corrected chi connectivity index (χ2v) is 7.01. The number of hydrogen-bond acceptors (Lipinski definition) is 4. The molecule has 0 saturated heterocycles. The Morgan fingerprint density at radius 2 is 1.62 bits per heavy atom. The Morgan fingerprint density at radius 1 is 0.844 bits per heavy atom. The number of phenolic OH excluding ortho intramolecular Hbond substituents is 1. The predicted octanol–water partition coefficient (Wildman–Crippen LogP) is 4.95. The number of ether oxygens (including phenoxy) is 1. The Morgan fingerprint density at radius 3 is 2.41 bits per heavy atom. The molecular formula is C25H19FN2O4. The lowest BCUT2D eigenvalue weighted by molar-refractivity contribution is -0.118. The van der Waals surface area contributed by atoms with E-state index in [1.807, 2.05) is 24.3 Å². The number of carbonyl (C=O) groups excluding carboxylic acids is 2. The summed E-state index contributed by atoms with van der Waals surface area (Å²) in [6.45, 7) is -0.241. The van der Waals surface area contributed by atoms with Crippen molar-refractivity contribution in [2.75, 3.05) is 17.2 Å². The third kappa shape index (κ3) is 4.84. The van der Waals surface area contributed by atoms with Gasteiger partial charge in [0.05, 0.1) is 0 Å². The Labute approximate surface area is 183 Å². The summed E-state index contributed by atoms with van der Waals surface area (Å²) in [6, 6.07) is 22.3. The van der Waals surface area contributed by atoms with Crippen LogP contribution in [0.15, 0.2) is 84.9 Å². The van der Waals surface area contributed by atoms with Crippen LogP contribution in [-0.2, 0) is 4.79 Å². The first-order chi connectivity index (χ1) is 15.5. The van der Waals surface area contributed by atoms with E-state index in [2.05, 4.69) is 10.6 Å². The Bertz CT molecular complexity index is 1310. The number of nitrogens with one attached hydrogen (secondary N) is 2. The quantitative estimate of drug-likeness (QED) is 0.404. The van der Waals surface area contributed by atoms with Crippen LogP contribution in [0.2, 0.25) is 0 Å². The molecule has 0 aliphatic carbocycles. The summed E-state index contributed by atoms with van der Waals surface area (Å²) in [7, 11) is 0.